The van der Waals surface area contributed by atoms with Crippen LogP contribution in [0.3, 0.4) is 0 Å². The summed E-state index contributed by atoms with van der Waals surface area (Å²) in [5.41, 5.74) is 7.38. The number of fused-ring (bicyclic) bond motifs is 1. The van der Waals surface area contributed by atoms with Crippen molar-refractivity contribution in [2.45, 2.75) is 39.0 Å². The van der Waals surface area contributed by atoms with Crippen LogP contribution in [0.5, 0.6) is 0 Å². The maximum absolute atomic E-state index is 5.82. The number of benzene rings is 2. The number of rotatable bonds is 2. The second-order valence-corrected chi connectivity index (χ2v) is 5.86. The van der Waals surface area contributed by atoms with Gasteiger partial charge >= 0.3 is 0 Å². The quantitative estimate of drug-likeness (QED) is 0.670. The first-order chi connectivity index (χ1) is 10.6. The number of allylic oxidation sites excluding steroid dienone is 1. The van der Waals surface area contributed by atoms with Crippen molar-refractivity contribution in [2.24, 2.45) is 0 Å². The van der Waals surface area contributed by atoms with Crippen LogP contribution in [0.25, 0.3) is 5.57 Å². The molecule has 2 aromatic rings. The summed E-state index contributed by atoms with van der Waals surface area (Å²) < 4.78 is 0. The van der Waals surface area contributed by atoms with Crippen LogP contribution in [0.15, 0.2) is 42.5 Å². The van der Waals surface area contributed by atoms with E-state index in [1.807, 2.05) is 25.1 Å². The normalized spacial score (nSPS) is 12.9. The predicted octanol–water partition coefficient (Wildman–Crippen LogP) is 5.65. The number of aryl methyl sites for hydroxylation is 1. The second kappa shape index (κ2) is 7.98. The van der Waals surface area contributed by atoms with E-state index >= 15 is 0 Å². The molecule has 3 rings (SSSR count). The minimum atomic E-state index is 0.878. The lowest BCUT2D eigenvalue weighted by Crippen LogP contribution is -2.06. The first kappa shape index (κ1) is 16.5. The van der Waals surface area contributed by atoms with Crippen LogP contribution in [0, 0.1) is 20.4 Å². The molecule has 0 heterocycles. The van der Waals surface area contributed by atoms with E-state index in [9.17, 15) is 0 Å². The van der Waals surface area contributed by atoms with Gasteiger partial charge in [0.25, 0.3) is 0 Å². The molecule has 3 radical (unpaired) electrons. The molecule has 0 spiro atoms. The van der Waals surface area contributed by atoms with Crippen molar-refractivity contribution in [3.05, 3.63) is 90.7 Å². The van der Waals surface area contributed by atoms with E-state index in [-0.39, 0.29) is 0 Å². The van der Waals surface area contributed by atoms with E-state index in [1.54, 1.807) is 0 Å². The molecule has 0 fully saturated rings. The van der Waals surface area contributed by atoms with Gasteiger partial charge in [-0.2, -0.15) is 0 Å². The topological polar surface area (TPSA) is 0 Å². The molecule has 0 atom stereocenters. The molecule has 0 saturated heterocycles. The zero-order valence-corrected chi connectivity index (χ0v) is 13.6. The molecule has 113 valence electrons. The van der Waals surface area contributed by atoms with Crippen molar-refractivity contribution < 1.29 is 0 Å². The van der Waals surface area contributed by atoms with Crippen LogP contribution in [0.2, 0.25) is 0 Å². The fraction of sp³-hybridized carbons (Fsp3) is 0.273. The summed E-state index contributed by atoms with van der Waals surface area (Å²) in [6.07, 6.45) is 5.89. The molecule has 0 N–H and O–H groups in total. The van der Waals surface area contributed by atoms with Gasteiger partial charge in [0.1, 0.15) is 0 Å². The fourth-order valence-corrected chi connectivity index (χ4v) is 2.92. The van der Waals surface area contributed by atoms with Gasteiger partial charge in [-0.1, -0.05) is 49.0 Å². The Morgan fingerprint density at radius 2 is 1.73 bits per heavy atom. The summed E-state index contributed by atoms with van der Waals surface area (Å²) in [5, 5.41) is 0. The Bertz CT molecular complexity index is 620. The van der Waals surface area contributed by atoms with Gasteiger partial charge < -0.3 is 0 Å². The summed E-state index contributed by atoms with van der Waals surface area (Å²) in [6.45, 7) is 15.7. The molecule has 0 aromatic heterocycles. The van der Waals surface area contributed by atoms with Crippen molar-refractivity contribution in [3.63, 3.8) is 0 Å². The molecule has 22 heavy (non-hydrogen) atoms. The van der Waals surface area contributed by atoms with Gasteiger partial charge in [0.05, 0.1) is 0 Å². The lowest BCUT2D eigenvalue weighted by atomic mass is 9.85. The lowest BCUT2D eigenvalue weighted by molar-refractivity contribution is 0.683. The third kappa shape index (κ3) is 4.10. The van der Waals surface area contributed by atoms with Crippen LogP contribution >= 0.6 is 0 Å². The first-order valence-electron chi connectivity index (χ1n) is 8.02. The molecule has 0 bridgehead atoms. The average molecular weight is 289 g/mol. The summed E-state index contributed by atoms with van der Waals surface area (Å²) in [4.78, 5) is 0. The summed E-state index contributed by atoms with van der Waals surface area (Å²) in [7, 11) is 0. The van der Waals surface area contributed by atoms with Crippen LogP contribution in [0.1, 0.15) is 47.6 Å². The second-order valence-electron chi connectivity index (χ2n) is 5.86. The minimum absolute atomic E-state index is 0.878. The SMILES string of the molecule is [CH2]Cc1ccccc1.[CH]=C(C)c1ccc2c(c1[CH2])CCCC2. The Morgan fingerprint density at radius 3 is 2.32 bits per heavy atom. The fourth-order valence-electron chi connectivity index (χ4n) is 2.92. The molecule has 0 aliphatic heterocycles. The van der Waals surface area contributed by atoms with Gasteiger partial charge in [-0.25, -0.2) is 0 Å². The van der Waals surface area contributed by atoms with Gasteiger partial charge in [0.2, 0.25) is 0 Å². The summed E-state index contributed by atoms with van der Waals surface area (Å²) in [6, 6.07) is 14.6. The smallest absolute Gasteiger partial charge is 0.0192 e. The van der Waals surface area contributed by atoms with E-state index in [2.05, 4.69) is 38.1 Å². The van der Waals surface area contributed by atoms with Gasteiger partial charge in [0, 0.05) is 0 Å². The van der Waals surface area contributed by atoms with Crippen molar-refractivity contribution >= 4 is 5.57 Å². The lowest BCUT2D eigenvalue weighted by Gasteiger charge is -2.20. The first-order valence-corrected chi connectivity index (χ1v) is 8.02. The van der Waals surface area contributed by atoms with E-state index in [1.165, 1.54) is 42.4 Å². The summed E-state index contributed by atoms with van der Waals surface area (Å²) >= 11 is 0. The summed E-state index contributed by atoms with van der Waals surface area (Å²) in [5.74, 6) is 0. The molecular weight excluding hydrogens is 264 g/mol. The largest absolute Gasteiger partial charge is 0.0622 e. The monoisotopic (exact) mass is 289 g/mol. The highest BCUT2D eigenvalue weighted by molar-refractivity contribution is 5.66. The number of hydrogen-bond donors (Lipinski definition) is 0. The van der Waals surface area contributed by atoms with Crippen LogP contribution in [-0.4, -0.2) is 0 Å². The highest BCUT2D eigenvalue weighted by Crippen LogP contribution is 2.28. The Morgan fingerprint density at radius 1 is 1.05 bits per heavy atom. The van der Waals surface area contributed by atoms with Gasteiger partial charge in [0.15, 0.2) is 0 Å². The predicted molar refractivity (Wildman–Crippen MR) is 96.4 cm³/mol. The van der Waals surface area contributed by atoms with Gasteiger partial charge in [-0.15, -0.1) is 0 Å². The Labute approximate surface area is 135 Å². The Hall–Kier alpha value is -1.82. The molecule has 0 amide bonds. The van der Waals surface area contributed by atoms with Crippen LogP contribution in [0.4, 0.5) is 0 Å². The Kier molecular flexibility index (Phi) is 6.00. The minimum Gasteiger partial charge on any atom is -0.0622 e. The van der Waals surface area contributed by atoms with Gasteiger partial charge in [-0.05, 0) is 86.3 Å². The van der Waals surface area contributed by atoms with Crippen molar-refractivity contribution in [1.82, 2.24) is 0 Å². The van der Waals surface area contributed by atoms with Gasteiger partial charge in [-0.3, -0.25) is 0 Å². The van der Waals surface area contributed by atoms with Crippen LogP contribution in [-0.2, 0) is 19.3 Å². The van der Waals surface area contributed by atoms with E-state index < -0.39 is 0 Å². The highest BCUT2D eigenvalue weighted by atomic mass is 14.2. The molecule has 1 aliphatic carbocycles. The molecule has 2 aromatic carbocycles. The third-order valence-corrected chi connectivity index (χ3v) is 4.21. The highest BCUT2D eigenvalue weighted by Gasteiger charge is 2.13. The molecule has 0 heteroatoms. The van der Waals surface area contributed by atoms with E-state index in [0.29, 0.717) is 0 Å². The van der Waals surface area contributed by atoms with Crippen molar-refractivity contribution in [1.29, 1.82) is 0 Å². The molecule has 0 saturated carbocycles. The van der Waals surface area contributed by atoms with Crippen molar-refractivity contribution in [2.75, 3.05) is 0 Å². The molecular formula is C22H25. The maximum atomic E-state index is 5.82. The van der Waals surface area contributed by atoms with Crippen molar-refractivity contribution in [3.8, 4) is 0 Å². The molecule has 0 unspecified atom stereocenters. The number of hydrogen-bond acceptors (Lipinski definition) is 0. The van der Waals surface area contributed by atoms with Crippen LogP contribution < -0.4 is 0 Å². The Balaban J connectivity index is 0.000000188. The zero-order valence-electron chi connectivity index (χ0n) is 13.6. The third-order valence-electron chi connectivity index (χ3n) is 4.21. The maximum Gasteiger partial charge on any atom is -0.0192 e. The average Bonchev–Trinajstić information content (AvgIpc) is 2.56. The molecule has 0 nitrogen and oxygen atoms in total. The molecule has 1 aliphatic rings. The van der Waals surface area contributed by atoms with E-state index in [0.717, 1.165) is 23.1 Å². The zero-order chi connectivity index (χ0) is 15.9. The standard InChI is InChI=1S/C14H16.C8H9/c1-10(2)13-9-8-12-6-4-5-7-14(12)11(13)3;1-2-8-6-4-3-5-7-8/h1,8-9H,3-7H2,2H3;3-7H,1-2H2. The van der Waals surface area contributed by atoms with E-state index in [4.69, 9.17) is 6.58 Å².